The maximum absolute atomic E-state index is 11.9. The minimum Gasteiger partial charge on any atom is -0.493 e. The molecule has 0 spiro atoms. The van der Waals surface area contributed by atoms with Crippen molar-refractivity contribution in [2.45, 2.75) is 0 Å². The van der Waals surface area contributed by atoms with E-state index < -0.39 is 5.91 Å². The SMILES string of the molecule is N#Cc1ccc(OCC(=O)N=Nc2c(O)[nH]c3cc4c(cc23)OCCO4)cc1. The van der Waals surface area contributed by atoms with Crippen molar-refractivity contribution in [1.29, 1.82) is 5.26 Å². The number of fused-ring (bicyclic) bond motifs is 2. The van der Waals surface area contributed by atoms with Gasteiger partial charge < -0.3 is 24.3 Å². The molecule has 1 aliphatic heterocycles. The van der Waals surface area contributed by atoms with Gasteiger partial charge in [0, 0.05) is 11.5 Å². The Kier molecular flexibility index (Phi) is 4.51. The maximum Gasteiger partial charge on any atom is 0.302 e. The molecule has 0 radical (unpaired) electrons. The van der Waals surface area contributed by atoms with Crippen molar-refractivity contribution in [3.8, 4) is 29.2 Å². The summed E-state index contributed by atoms with van der Waals surface area (Å²) in [6.07, 6.45) is 0. The number of nitrogens with zero attached hydrogens (tertiary/aromatic N) is 3. The maximum atomic E-state index is 11.9. The first-order chi connectivity index (χ1) is 13.6. The molecule has 2 N–H and O–H groups in total. The van der Waals surface area contributed by atoms with Crippen molar-refractivity contribution in [1.82, 2.24) is 4.98 Å². The summed E-state index contributed by atoms with van der Waals surface area (Å²) in [4.78, 5) is 14.7. The van der Waals surface area contributed by atoms with Gasteiger partial charge in [0.15, 0.2) is 23.8 Å². The number of carbonyl (C=O) groups is 1. The number of hydrogen-bond donors (Lipinski definition) is 2. The molecule has 2 aromatic carbocycles. The lowest BCUT2D eigenvalue weighted by molar-refractivity contribution is -0.120. The number of azo groups is 1. The summed E-state index contributed by atoms with van der Waals surface area (Å²) in [6.45, 7) is 0.549. The second-order valence-corrected chi connectivity index (χ2v) is 5.88. The molecule has 1 aromatic heterocycles. The Morgan fingerprint density at radius 1 is 1.21 bits per heavy atom. The number of amides is 1. The number of hydrogen-bond acceptors (Lipinski definition) is 7. The Labute approximate surface area is 158 Å². The number of aromatic nitrogens is 1. The average Bonchev–Trinajstić information content (AvgIpc) is 3.03. The van der Waals surface area contributed by atoms with Crippen molar-refractivity contribution in [3.05, 3.63) is 42.0 Å². The van der Waals surface area contributed by atoms with Crippen LogP contribution >= 0.6 is 0 Å². The molecular weight excluding hydrogens is 364 g/mol. The molecule has 0 fully saturated rings. The highest BCUT2D eigenvalue weighted by Crippen LogP contribution is 2.42. The smallest absolute Gasteiger partial charge is 0.302 e. The molecule has 1 aliphatic rings. The second-order valence-electron chi connectivity index (χ2n) is 5.88. The van der Waals surface area contributed by atoms with Crippen LogP contribution in [-0.4, -0.2) is 35.8 Å². The Hall–Kier alpha value is -4.06. The van der Waals surface area contributed by atoms with Crippen LogP contribution in [-0.2, 0) is 4.79 Å². The van der Waals surface area contributed by atoms with Gasteiger partial charge in [-0.1, -0.05) is 0 Å². The van der Waals surface area contributed by atoms with E-state index in [1.54, 1.807) is 36.4 Å². The average molecular weight is 378 g/mol. The summed E-state index contributed by atoms with van der Waals surface area (Å²) in [5.41, 5.74) is 1.19. The van der Waals surface area contributed by atoms with Gasteiger partial charge in [0.05, 0.1) is 17.1 Å². The number of carbonyl (C=O) groups excluding carboxylic acids is 1. The van der Waals surface area contributed by atoms with Crippen LogP contribution in [0.15, 0.2) is 46.6 Å². The number of rotatable bonds is 4. The van der Waals surface area contributed by atoms with Gasteiger partial charge in [-0.05, 0) is 30.3 Å². The molecule has 0 unspecified atom stereocenters. The molecule has 3 aromatic rings. The third-order valence-corrected chi connectivity index (χ3v) is 4.02. The van der Waals surface area contributed by atoms with Crippen molar-refractivity contribution < 1.29 is 24.1 Å². The number of aromatic hydroxyl groups is 1. The van der Waals surface area contributed by atoms with Crippen LogP contribution in [0.3, 0.4) is 0 Å². The van der Waals surface area contributed by atoms with Crippen molar-refractivity contribution >= 4 is 22.5 Å². The third kappa shape index (κ3) is 3.43. The predicted molar refractivity (Wildman–Crippen MR) is 97.1 cm³/mol. The number of nitriles is 1. The summed E-state index contributed by atoms with van der Waals surface area (Å²) in [5, 5.41) is 26.8. The number of aromatic amines is 1. The van der Waals surface area contributed by atoms with Gasteiger partial charge >= 0.3 is 5.91 Å². The Morgan fingerprint density at radius 2 is 1.93 bits per heavy atom. The van der Waals surface area contributed by atoms with Crippen molar-refractivity contribution in [3.63, 3.8) is 0 Å². The van der Waals surface area contributed by atoms with Crippen LogP contribution in [0.2, 0.25) is 0 Å². The largest absolute Gasteiger partial charge is 0.493 e. The zero-order chi connectivity index (χ0) is 19.5. The van der Waals surface area contributed by atoms with Crippen molar-refractivity contribution in [2.75, 3.05) is 19.8 Å². The molecule has 9 nitrogen and oxygen atoms in total. The molecule has 28 heavy (non-hydrogen) atoms. The third-order valence-electron chi connectivity index (χ3n) is 4.02. The first-order valence-electron chi connectivity index (χ1n) is 8.36. The van der Waals surface area contributed by atoms with E-state index in [9.17, 15) is 9.90 Å². The molecule has 0 saturated carbocycles. The molecule has 0 bridgehead atoms. The molecule has 0 saturated heterocycles. The Balaban J connectivity index is 1.48. The topological polar surface area (TPSA) is 129 Å². The van der Waals surface area contributed by atoms with Gasteiger partial charge in [0.25, 0.3) is 0 Å². The van der Waals surface area contributed by atoms with E-state index in [0.29, 0.717) is 46.9 Å². The number of nitrogens with one attached hydrogen (secondary N) is 1. The first kappa shape index (κ1) is 17.4. The standard InChI is InChI=1S/C19H14N4O5/c20-9-11-1-3-12(4-2-11)28-10-17(24)22-23-18-13-7-15-16(27-6-5-26-15)8-14(13)21-19(18)25/h1-4,7-8,21,25H,5-6,10H2. The van der Waals surface area contributed by atoms with Crippen LogP contribution in [0.25, 0.3) is 10.9 Å². The fourth-order valence-corrected chi connectivity index (χ4v) is 2.71. The summed E-state index contributed by atoms with van der Waals surface area (Å²) in [7, 11) is 0. The summed E-state index contributed by atoms with van der Waals surface area (Å²) in [6, 6.07) is 11.7. The van der Waals surface area contributed by atoms with E-state index in [1.165, 1.54) is 0 Å². The highest BCUT2D eigenvalue weighted by molar-refractivity contribution is 5.96. The van der Waals surface area contributed by atoms with E-state index in [4.69, 9.17) is 19.5 Å². The minimum absolute atomic E-state index is 0.124. The van der Waals surface area contributed by atoms with Crippen LogP contribution in [0.5, 0.6) is 23.1 Å². The molecule has 4 rings (SSSR count). The Morgan fingerprint density at radius 3 is 2.64 bits per heavy atom. The molecular formula is C19H14N4O5. The minimum atomic E-state index is -0.629. The zero-order valence-electron chi connectivity index (χ0n) is 14.5. The highest BCUT2D eigenvalue weighted by atomic mass is 16.6. The van der Waals surface area contributed by atoms with Gasteiger partial charge in [0.2, 0.25) is 5.88 Å². The zero-order valence-corrected chi connectivity index (χ0v) is 14.5. The highest BCUT2D eigenvalue weighted by Gasteiger charge is 2.18. The number of H-pyrrole nitrogens is 1. The fraction of sp³-hybridized carbons (Fsp3) is 0.158. The van der Waals surface area contributed by atoms with Crippen molar-refractivity contribution in [2.24, 2.45) is 10.2 Å². The van der Waals surface area contributed by atoms with Crippen LogP contribution in [0.1, 0.15) is 5.56 Å². The number of benzene rings is 2. The quantitative estimate of drug-likeness (QED) is 0.671. The lowest BCUT2D eigenvalue weighted by atomic mass is 10.2. The van der Waals surface area contributed by atoms with Crippen LogP contribution in [0, 0.1) is 11.3 Å². The first-order valence-corrected chi connectivity index (χ1v) is 8.36. The molecule has 1 amide bonds. The van der Waals surface area contributed by atoms with E-state index in [-0.39, 0.29) is 18.2 Å². The summed E-state index contributed by atoms with van der Waals surface area (Å²) < 4.78 is 16.3. The van der Waals surface area contributed by atoms with Gasteiger partial charge in [-0.15, -0.1) is 10.2 Å². The fourth-order valence-electron chi connectivity index (χ4n) is 2.71. The Bertz CT molecular complexity index is 1110. The van der Waals surface area contributed by atoms with Gasteiger partial charge in [-0.2, -0.15) is 5.26 Å². The molecule has 0 aliphatic carbocycles. The summed E-state index contributed by atoms with van der Waals surface area (Å²) >= 11 is 0. The van der Waals surface area contributed by atoms with Crippen LogP contribution < -0.4 is 14.2 Å². The monoisotopic (exact) mass is 378 g/mol. The molecule has 140 valence electrons. The molecule has 9 heteroatoms. The van der Waals surface area contributed by atoms with Crippen LogP contribution in [0.4, 0.5) is 5.69 Å². The normalized spacial score (nSPS) is 12.8. The lowest BCUT2D eigenvalue weighted by Crippen LogP contribution is -2.15. The summed E-state index contributed by atoms with van der Waals surface area (Å²) in [5.74, 6) is 0.680. The lowest BCUT2D eigenvalue weighted by Gasteiger charge is -2.17. The molecule has 2 heterocycles. The van der Waals surface area contributed by atoms with Gasteiger partial charge in [-0.25, -0.2) is 0 Å². The molecule has 0 atom stereocenters. The van der Waals surface area contributed by atoms with E-state index >= 15 is 0 Å². The number of ether oxygens (including phenoxy) is 3. The van der Waals surface area contributed by atoms with Gasteiger partial charge in [-0.3, -0.25) is 4.79 Å². The van der Waals surface area contributed by atoms with E-state index in [2.05, 4.69) is 15.2 Å². The predicted octanol–water partition coefficient (Wildman–Crippen LogP) is 3.21. The van der Waals surface area contributed by atoms with Gasteiger partial charge in [0.1, 0.15) is 19.0 Å². The second kappa shape index (κ2) is 7.28. The van der Waals surface area contributed by atoms with E-state index in [0.717, 1.165) is 0 Å². The van der Waals surface area contributed by atoms with E-state index in [1.807, 2.05) is 6.07 Å².